The number of fused-ring (bicyclic) bond motifs is 1. The summed E-state index contributed by atoms with van der Waals surface area (Å²) in [7, 11) is 5.28. The first kappa shape index (κ1) is 26.3. The van der Waals surface area contributed by atoms with Crippen molar-refractivity contribution in [1.29, 1.82) is 0 Å². The van der Waals surface area contributed by atoms with Crippen molar-refractivity contribution in [3.8, 4) is 0 Å². The van der Waals surface area contributed by atoms with Crippen LogP contribution in [-0.2, 0) is 30.5 Å². The van der Waals surface area contributed by atoms with Gasteiger partial charge in [0.15, 0.2) is 0 Å². The Morgan fingerprint density at radius 1 is 1.06 bits per heavy atom. The zero-order valence-corrected chi connectivity index (χ0v) is 20.3. The molecule has 0 bridgehead atoms. The molecule has 3 rings (SSSR count). The molecule has 1 aliphatic heterocycles. The summed E-state index contributed by atoms with van der Waals surface area (Å²) >= 11 is 0. The van der Waals surface area contributed by atoms with Crippen LogP contribution in [0.3, 0.4) is 0 Å². The van der Waals surface area contributed by atoms with Crippen LogP contribution in [0.1, 0.15) is 22.3 Å². The quantitative estimate of drug-likeness (QED) is 0.594. The number of carbonyl (C=O) groups is 2. The van der Waals surface area contributed by atoms with Crippen molar-refractivity contribution in [2.24, 2.45) is 0 Å². The lowest BCUT2D eigenvalue weighted by Crippen LogP contribution is -2.42. The van der Waals surface area contributed by atoms with E-state index < -0.39 is 11.7 Å². The van der Waals surface area contributed by atoms with Gasteiger partial charge >= 0.3 is 12.2 Å². The van der Waals surface area contributed by atoms with Gasteiger partial charge in [-0.25, -0.2) is 4.79 Å². The van der Waals surface area contributed by atoms with Crippen LogP contribution in [-0.4, -0.2) is 74.0 Å². The molecule has 1 heterocycles. The number of urea groups is 1. The van der Waals surface area contributed by atoms with Gasteiger partial charge in [-0.05, 0) is 49.3 Å². The molecule has 2 aromatic carbocycles. The average molecular weight is 492 g/mol. The zero-order valence-electron chi connectivity index (χ0n) is 20.3. The highest BCUT2D eigenvalue weighted by Gasteiger charge is 2.33. The molecular weight excluding hydrogens is 459 g/mol. The summed E-state index contributed by atoms with van der Waals surface area (Å²) in [6.45, 7) is 1.61. The van der Waals surface area contributed by atoms with Crippen LogP contribution in [0, 0.1) is 0 Å². The first-order valence-corrected chi connectivity index (χ1v) is 11.5. The molecule has 2 aromatic rings. The van der Waals surface area contributed by atoms with Crippen LogP contribution < -0.4 is 10.6 Å². The minimum atomic E-state index is -4.50. The number of amides is 3. The standard InChI is InChI=1S/C25H32F3N5O2/c1-29-24(35)33-12-11-18-8-6-10-22(20(18)17-33)30-15-23(34)32(14-13-31(2)3)16-19-7-4-5-9-21(19)25(26,27)28/h4-10,30H,11-17H2,1-3H3,(H,29,35). The van der Waals surface area contributed by atoms with Crippen LogP contribution in [0.2, 0.25) is 0 Å². The highest BCUT2D eigenvalue weighted by molar-refractivity contribution is 5.81. The number of alkyl halides is 3. The number of hydrogen-bond donors (Lipinski definition) is 2. The zero-order chi connectivity index (χ0) is 25.6. The molecule has 0 aromatic heterocycles. The number of nitrogens with zero attached hydrogens (tertiary/aromatic N) is 3. The number of benzene rings is 2. The molecule has 0 radical (unpaired) electrons. The van der Waals surface area contributed by atoms with E-state index in [1.807, 2.05) is 37.2 Å². The number of likely N-dealkylation sites (N-methyl/N-ethyl adjacent to an activating group) is 1. The molecule has 3 amide bonds. The number of anilines is 1. The molecule has 0 atom stereocenters. The van der Waals surface area contributed by atoms with Gasteiger partial charge in [0.1, 0.15) is 0 Å². The summed E-state index contributed by atoms with van der Waals surface area (Å²) in [5.74, 6) is -0.305. The summed E-state index contributed by atoms with van der Waals surface area (Å²) in [5.41, 5.74) is 2.11. The van der Waals surface area contributed by atoms with Crippen molar-refractivity contribution in [2.45, 2.75) is 25.7 Å². The fraction of sp³-hybridized carbons (Fsp3) is 0.440. The molecule has 2 N–H and O–H groups in total. The van der Waals surface area contributed by atoms with E-state index >= 15 is 0 Å². The second-order valence-electron chi connectivity index (χ2n) is 8.80. The number of rotatable bonds is 8. The smallest absolute Gasteiger partial charge is 0.376 e. The first-order valence-electron chi connectivity index (χ1n) is 11.5. The lowest BCUT2D eigenvalue weighted by molar-refractivity contribution is -0.139. The second-order valence-corrected chi connectivity index (χ2v) is 8.80. The minimum absolute atomic E-state index is 0.0606. The fourth-order valence-corrected chi connectivity index (χ4v) is 4.11. The Kier molecular flexibility index (Phi) is 8.61. The Bertz CT molecular complexity index is 1040. The largest absolute Gasteiger partial charge is 0.416 e. The van der Waals surface area contributed by atoms with E-state index in [-0.39, 0.29) is 37.1 Å². The number of nitrogens with one attached hydrogen (secondary N) is 2. The molecule has 0 unspecified atom stereocenters. The highest BCUT2D eigenvalue weighted by atomic mass is 19.4. The van der Waals surface area contributed by atoms with Crippen molar-refractivity contribution < 1.29 is 22.8 Å². The fourth-order valence-electron chi connectivity index (χ4n) is 4.11. The van der Waals surface area contributed by atoms with Gasteiger partial charge < -0.3 is 25.3 Å². The molecule has 10 heteroatoms. The van der Waals surface area contributed by atoms with Crippen molar-refractivity contribution in [2.75, 3.05) is 52.6 Å². The third-order valence-corrected chi connectivity index (χ3v) is 6.06. The normalized spacial score (nSPS) is 13.4. The SMILES string of the molecule is CNC(=O)N1CCc2cccc(NCC(=O)N(CCN(C)C)Cc3ccccc3C(F)(F)F)c2C1. The minimum Gasteiger partial charge on any atom is -0.376 e. The molecule has 190 valence electrons. The highest BCUT2D eigenvalue weighted by Crippen LogP contribution is 2.32. The van der Waals surface area contributed by atoms with E-state index in [0.717, 1.165) is 22.9 Å². The molecule has 35 heavy (non-hydrogen) atoms. The van der Waals surface area contributed by atoms with Gasteiger partial charge in [0.25, 0.3) is 0 Å². The summed E-state index contributed by atoms with van der Waals surface area (Å²) in [4.78, 5) is 30.3. The van der Waals surface area contributed by atoms with E-state index in [1.165, 1.54) is 17.0 Å². The van der Waals surface area contributed by atoms with Crippen LogP contribution >= 0.6 is 0 Å². The third kappa shape index (κ3) is 6.88. The lowest BCUT2D eigenvalue weighted by Gasteiger charge is -2.30. The number of halogens is 3. The van der Waals surface area contributed by atoms with Gasteiger partial charge in [-0.15, -0.1) is 0 Å². The van der Waals surface area contributed by atoms with Crippen LogP contribution in [0.25, 0.3) is 0 Å². The molecule has 0 saturated heterocycles. The topological polar surface area (TPSA) is 67.9 Å². The molecule has 0 fully saturated rings. The number of carbonyl (C=O) groups excluding carboxylic acids is 2. The molecule has 1 aliphatic rings. The van der Waals surface area contributed by atoms with E-state index in [9.17, 15) is 22.8 Å². The summed E-state index contributed by atoms with van der Waals surface area (Å²) in [6.07, 6.45) is -3.79. The number of hydrogen-bond acceptors (Lipinski definition) is 4. The van der Waals surface area contributed by atoms with E-state index in [0.29, 0.717) is 26.1 Å². The van der Waals surface area contributed by atoms with Crippen molar-refractivity contribution in [3.63, 3.8) is 0 Å². The van der Waals surface area contributed by atoms with Gasteiger partial charge in [0.2, 0.25) is 5.91 Å². The maximum Gasteiger partial charge on any atom is 0.416 e. The molecule has 0 spiro atoms. The molecule has 0 saturated carbocycles. The Hall–Kier alpha value is -3.27. The van der Waals surface area contributed by atoms with Crippen molar-refractivity contribution >= 4 is 17.6 Å². The predicted octanol–water partition coefficient (Wildman–Crippen LogP) is 3.41. The maximum atomic E-state index is 13.5. The molecular formula is C25H32F3N5O2. The maximum absolute atomic E-state index is 13.5. The summed E-state index contributed by atoms with van der Waals surface area (Å²) in [6, 6.07) is 10.9. The van der Waals surface area contributed by atoms with Crippen LogP contribution in [0.4, 0.5) is 23.7 Å². The first-order chi connectivity index (χ1) is 16.6. The summed E-state index contributed by atoms with van der Waals surface area (Å²) < 4.78 is 40.5. The Morgan fingerprint density at radius 3 is 2.49 bits per heavy atom. The van der Waals surface area contributed by atoms with E-state index in [4.69, 9.17) is 0 Å². The average Bonchev–Trinajstić information content (AvgIpc) is 2.83. The molecule has 7 nitrogen and oxygen atoms in total. The van der Waals surface area contributed by atoms with Gasteiger partial charge in [0, 0.05) is 45.5 Å². The Morgan fingerprint density at radius 2 is 1.80 bits per heavy atom. The van der Waals surface area contributed by atoms with Gasteiger partial charge in [-0.1, -0.05) is 30.3 Å². The van der Waals surface area contributed by atoms with Crippen molar-refractivity contribution in [3.05, 3.63) is 64.7 Å². The third-order valence-electron chi connectivity index (χ3n) is 6.06. The second kappa shape index (κ2) is 11.4. The monoisotopic (exact) mass is 491 g/mol. The van der Waals surface area contributed by atoms with Crippen LogP contribution in [0.5, 0.6) is 0 Å². The van der Waals surface area contributed by atoms with Crippen LogP contribution in [0.15, 0.2) is 42.5 Å². The lowest BCUT2D eigenvalue weighted by atomic mass is 9.98. The Balaban J connectivity index is 1.76. The van der Waals surface area contributed by atoms with Gasteiger partial charge in [-0.2, -0.15) is 13.2 Å². The predicted molar refractivity (Wildman–Crippen MR) is 129 cm³/mol. The van der Waals surface area contributed by atoms with Gasteiger partial charge in [-0.3, -0.25) is 4.79 Å². The van der Waals surface area contributed by atoms with E-state index in [2.05, 4.69) is 10.6 Å². The van der Waals surface area contributed by atoms with Crippen molar-refractivity contribution in [1.82, 2.24) is 20.0 Å². The summed E-state index contributed by atoms with van der Waals surface area (Å²) in [5, 5.41) is 5.80. The van der Waals surface area contributed by atoms with Gasteiger partial charge in [0.05, 0.1) is 12.1 Å². The molecule has 0 aliphatic carbocycles. The van der Waals surface area contributed by atoms with E-state index in [1.54, 1.807) is 18.0 Å². The Labute approximate surface area is 203 Å².